The molecule has 7 nitrogen and oxygen atoms in total. The van der Waals surface area contributed by atoms with E-state index in [-0.39, 0.29) is 18.2 Å². The van der Waals surface area contributed by atoms with Crippen LogP contribution in [0.15, 0.2) is 109 Å². The maximum atomic E-state index is 13.3. The predicted molar refractivity (Wildman–Crippen MR) is 168 cm³/mol. The molecule has 0 saturated carbocycles. The minimum atomic E-state index is -0.239. The smallest absolute Gasteiger partial charge is 0.265 e. The lowest BCUT2D eigenvalue weighted by molar-refractivity contribution is -0.120. The minimum absolute atomic E-state index is 0.0655. The number of benzene rings is 3. The summed E-state index contributed by atoms with van der Waals surface area (Å²) in [6, 6.07) is 31.2. The molecule has 8 heteroatoms. The summed E-state index contributed by atoms with van der Waals surface area (Å²) in [6.07, 6.45) is 3.58. The molecule has 0 aliphatic carbocycles. The average molecular weight is 573 g/mol. The van der Waals surface area contributed by atoms with Gasteiger partial charge in [-0.1, -0.05) is 66.7 Å². The van der Waals surface area contributed by atoms with Crippen LogP contribution in [0.1, 0.15) is 20.9 Å². The number of nitrogens with zero attached hydrogens (tertiary/aromatic N) is 1. The van der Waals surface area contributed by atoms with Gasteiger partial charge in [0.2, 0.25) is 5.91 Å². The molecule has 3 N–H and O–H groups in total. The Morgan fingerprint density at radius 3 is 2.40 bits per heavy atom. The third-order valence-electron chi connectivity index (χ3n) is 6.98. The molecule has 0 atom stereocenters. The summed E-state index contributed by atoms with van der Waals surface area (Å²) < 4.78 is 5.85. The first-order valence-corrected chi connectivity index (χ1v) is 14.3. The average Bonchev–Trinajstić information content (AvgIpc) is 3.69. The summed E-state index contributed by atoms with van der Waals surface area (Å²) in [5.41, 5.74) is 5.91. The number of carbonyl (C=O) groups is 2. The standard InChI is InChI=1S/C34H28N4O3S/c1-41-33-27(19-32(39)36-21-25-18-24-20-35-17-16-28(24)37-25)26(22-8-4-2-5-9-22)12-13-29(33)38-34(40)31-15-14-30(42-31)23-10-6-3-7-11-23/h2-18,20,37H,19,21H2,1H3,(H,36,39)(H,38,40). The van der Waals surface area contributed by atoms with Crippen molar-refractivity contribution >= 4 is 39.7 Å². The molecule has 0 aliphatic rings. The second kappa shape index (κ2) is 12.1. The number of H-pyrrole nitrogens is 1. The number of fused-ring (bicyclic) bond motifs is 1. The summed E-state index contributed by atoms with van der Waals surface area (Å²) in [5, 5.41) is 7.01. The number of methoxy groups -OCH3 is 1. The maximum absolute atomic E-state index is 13.3. The van der Waals surface area contributed by atoms with Gasteiger partial charge in [0.1, 0.15) is 5.75 Å². The van der Waals surface area contributed by atoms with E-state index in [1.807, 2.05) is 97.1 Å². The van der Waals surface area contributed by atoms with Gasteiger partial charge in [-0.05, 0) is 47.0 Å². The number of nitrogens with one attached hydrogen (secondary N) is 3. The zero-order valence-electron chi connectivity index (χ0n) is 22.9. The van der Waals surface area contributed by atoms with E-state index in [9.17, 15) is 9.59 Å². The molecule has 0 spiro atoms. The third kappa shape index (κ3) is 5.80. The largest absolute Gasteiger partial charge is 0.494 e. The first-order chi connectivity index (χ1) is 20.6. The number of aromatic nitrogens is 2. The molecule has 3 heterocycles. The number of aromatic amines is 1. The highest BCUT2D eigenvalue weighted by molar-refractivity contribution is 7.17. The molecular formula is C34H28N4O3S. The van der Waals surface area contributed by atoms with Gasteiger partial charge in [-0.2, -0.15) is 0 Å². The number of hydrogen-bond acceptors (Lipinski definition) is 5. The van der Waals surface area contributed by atoms with Gasteiger partial charge in [-0.15, -0.1) is 11.3 Å². The summed E-state index contributed by atoms with van der Waals surface area (Å²) >= 11 is 1.42. The highest BCUT2D eigenvalue weighted by atomic mass is 32.1. The van der Waals surface area contributed by atoms with Crippen molar-refractivity contribution in [3.05, 3.63) is 126 Å². The number of carbonyl (C=O) groups excluding carboxylic acids is 2. The Morgan fingerprint density at radius 1 is 0.905 bits per heavy atom. The van der Waals surface area contributed by atoms with E-state index in [1.54, 1.807) is 19.5 Å². The number of pyridine rings is 1. The maximum Gasteiger partial charge on any atom is 0.265 e. The monoisotopic (exact) mass is 572 g/mol. The molecule has 208 valence electrons. The van der Waals surface area contributed by atoms with Crippen LogP contribution in [0, 0.1) is 0 Å². The summed E-state index contributed by atoms with van der Waals surface area (Å²) in [7, 11) is 1.55. The molecule has 0 fully saturated rings. The molecule has 3 aromatic carbocycles. The molecule has 6 aromatic rings. The zero-order valence-corrected chi connectivity index (χ0v) is 23.7. The first kappa shape index (κ1) is 27.0. The van der Waals surface area contributed by atoms with Crippen LogP contribution in [-0.2, 0) is 17.8 Å². The van der Waals surface area contributed by atoms with Crippen molar-refractivity contribution in [1.82, 2.24) is 15.3 Å². The molecule has 0 unspecified atom stereocenters. The topological polar surface area (TPSA) is 96.1 Å². The number of hydrogen-bond donors (Lipinski definition) is 3. The second-order valence-electron chi connectivity index (χ2n) is 9.73. The minimum Gasteiger partial charge on any atom is -0.494 e. The fraction of sp³-hybridized carbons (Fsp3) is 0.0882. The third-order valence-corrected chi connectivity index (χ3v) is 8.11. The Kier molecular flexibility index (Phi) is 7.79. The molecule has 0 aliphatic heterocycles. The van der Waals surface area contributed by atoms with Crippen molar-refractivity contribution in [2.24, 2.45) is 0 Å². The highest BCUT2D eigenvalue weighted by Crippen LogP contribution is 2.38. The van der Waals surface area contributed by atoms with Gasteiger partial charge in [0.05, 0.1) is 30.6 Å². The van der Waals surface area contributed by atoms with Crippen molar-refractivity contribution in [1.29, 1.82) is 0 Å². The van der Waals surface area contributed by atoms with Crippen LogP contribution in [0.2, 0.25) is 0 Å². The van der Waals surface area contributed by atoms with Crippen LogP contribution in [-0.4, -0.2) is 28.9 Å². The van der Waals surface area contributed by atoms with E-state index < -0.39 is 0 Å². The molecule has 42 heavy (non-hydrogen) atoms. The summed E-state index contributed by atoms with van der Waals surface area (Å²) in [6.45, 7) is 0.342. The van der Waals surface area contributed by atoms with E-state index in [1.165, 1.54) is 11.3 Å². The number of amides is 2. The van der Waals surface area contributed by atoms with Crippen molar-refractivity contribution in [3.63, 3.8) is 0 Å². The van der Waals surface area contributed by atoms with Gasteiger partial charge in [-0.3, -0.25) is 14.6 Å². The molecule has 0 saturated heterocycles. The molecule has 6 rings (SSSR count). The highest BCUT2D eigenvalue weighted by Gasteiger charge is 2.21. The molecule has 2 amide bonds. The number of anilines is 1. The van der Waals surface area contributed by atoms with Crippen LogP contribution in [0.5, 0.6) is 5.75 Å². The molecule has 0 radical (unpaired) electrons. The van der Waals surface area contributed by atoms with Gasteiger partial charge in [0, 0.05) is 39.4 Å². The van der Waals surface area contributed by atoms with Crippen molar-refractivity contribution < 1.29 is 14.3 Å². The van der Waals surface area contributed by atoms with Crippen molar-refractivity contribution in [3.8, 4) is 27.3 Å². The van der Waals surface area contributed by atoms with Crippen LogP contribution in [0.4, 0.5) is 5.69 Å². The van der Waals surface area contributed by atoms with Gasteiger partial charge >= 0.3 is 0 Å². The van der Waals surface area contributed by atoms with E-state index in [0.717, 1.165) is 38.2 Å². The van der Waals surface area contributed by atoms with Gasteiger partial charge in [-0.25, -0.2) is 0 Å². The summed E-state index contributed by atoms with van der Waals surface area (Å²) in [5.74, 6) is 0.0459. The fourth-order valence-corrected chi connectivity index (χ4v) is 5.88. The Morgan fingerprint density at radius 2 is 1.67 bits per heavy atom. The van der Waals surface area contributed by atoms with E-state index in [4.69, 9.17) is 4.74 Å². The van der Waals surface area contributed by atoms with Crippen molar-refractivity contribution in [2.45, 2.75) is 13.0 Å². The van der Waals surface area contributed by atoms with Crippen molar-refractivity contribution in [2.75, 3.05) is 12.4 Å². The van der Waals surface area contributed by atoms with E-state index >= 15 is 0 Å². The van der Waals surface area contributed by atoms with Crippen LogP contribution >= 0.6 is 11.3 Å². The Labute approximate surface area is 247 Å². The fourth-order valence-electron chi connectivity index (χ4n) is 4.97. The van der Waals surface area contributed by atoms with E-state index in [2.05, 4.69) is 20.6 Å². The van der Waals surface area contributed by atoms with Crippen LogP contribution in [0.25, 0.3) is 32.5 Å². The Bertz CT molecular complexity index is 1830. The van der Waals surface area contributed by atoms with Gasteiger partial charge in [0.25, 0.3) is 5.91 Å². The predicted octanol–water partition coefficient (Wildman–Crippen LogP) is 7.08. The Balaban J connectivity index is 1.26. The number of thiophene rings is 1. The molecular weight excluding hydrogens is 544 g/mol. The van der Waals surface area contributed by atoms with Gasteiger partial charge in [0.15, 0.2) is 0 Å². The van der Waals surface area contributed by atoms with Gasteiger partial charge < -0.3 is 20.4 Å². The Hall–Kier alpha value is -5.21. The lowest BCUT2D eigenvalue weighted by Crippen LogP contribution is -2.25. The SMILES string of the molecule is COc1c(NC(=O)c2ccc(-c3ccccc3)s2)ccc(-c2ccccc2)c1CC(=O)NCc1cc2cnccc2[nH]1. The number of ether oxygens (including phenoxy) is 1. The first-order valence-electron chi connectivity index (χ1n) is 13.5. The quantitative estimate of drug-likeness (QED) is 0.173. The zero-order chi connectivity index (χ0) is 28.9. The lowest BCUT2D eigenvalue weighted by Gasteiger charge is -2.18. The molecule has 0 bridgehead atoms. The van der Waals surface area contributed by atoms with Crippen LogP contribution < -0.4 is 15.4 Å². The molecule has 3 aromatic heterocycles. The number of rotatable bonds is 9. The van der Waals surface area contributed by atoms with Crippen LogP contribution in [0.3, 0.4) is 0 Å². The second-order valence-corrected chi connectivity index (χ2v) is 10.8. The lowest BCUT2D eigenvalue weighted by atomic mass is 9.95. The normalized spacial score (nSPS) is 10.9. The summed E-state index contributed by atoms with van der Waals surface area (Å²) in [4.78, 5) is 35.6. The van der Waals surface area contributed by atoms with E-state index in [0.29, 0.717) is 28.4 Å².